The molecule has 0 aliphatic heterocycles. The van der Waals surface area contributed by atoms with Crippen molar-refractivity contribution < 1.29 is 18.8 Å². The normalized spacial score (nSPS) is 10.6. The minimum absolute atomic E-state index is 0.0954. The molecule has 4 aromatic rings. The Kier molecular flexibility index (Phi) is 6.57. The summed E-state index contributed by atoms with van der Waals surface area (Å²) in [6.07, 6.45) is 0. The molecule has 1 aromatic heterocycles. The van der Waals surface area contributed by atoms with Gasteiger partial charge in [-0.1, -0.05) is 44.0 Å². The Morgan fingerprint density at radius 1 is 0.788 bits per heavy atom. The first kappa shape index (κ1) is 22.7. The maximum atomic E-state index is 13.8. The molecule has 0 spiro atoms. The zero-order valence-corrected chi connectivity index (χ0v) is 19.9. The van der Waals surface area contributed by atoms with Crippen LogP contribution in [0.1, 0.15) is 10.5 Å². The molecule has 10 heteroatoms. The highest BCUT2D eigenvalue weighted by molar-refractivity contribution is 9.10. The third-order valence-electron chi connectivity index (χ3n) is 4.64. The van der Waals surface area contributed by atoms with E-state index < -0.39 is 23.5 Å². The summed E-state index contributed by atoms with van der Waals surface area (Å²) >= 11 is 6.72. The number of rotatable bonds is 4. The standard InChI is InChI=1S/C23H15Br2FN4O3/c24-14-5-8-16(9-6-14)27-21(31)20-12-13-11-15(25)7-10-19(13)30(20)29-23(33)22(32)28-18-4-2-1-3-17(18)26/h1-12H,(H,27,31)(H,28,32)(H,29,33). The van der Waals surface area contributed by atoms with Crippen molar-refractivity contribution in [1.82, 2.24) is 4.68 Å². The van der Waals surface area contributed by atoms with Crippen molar-refractivity contribution in [3.63, 3.8) is 0 Å². The fourth-order valence-corrected chi connectivity index (χ4v) is 3.74. The van der Waals surface area contributed by atoms with E-state index in [0.717, 1.165) is 15.0 Å². The van der Waals surface area contributed by atoms with Crippen LogP contribution in [-0.2, 0) is 9.59 Å². The van der Waals surface area contributed by atoms with Crippen LogP contribution in [0.15, 0.2) is 81.7 Å². The van der Waals surface area contributed by atoms with Gasteiger partial charge < -0.3 is 10.6 Å². The summed E-state index contributed by atoms with van der Waals surface area (Å²) in [4.78, 5) is 38.0. The third kappa shape index (κ3) is 5.12. The number of hydrogen-bond donors (Lipinski definition) is 3. The molecule has 3 amide bonds. The average molecular weight is 574 g/mol. The molecular formula is C23H15Br2FN4O3. The highest BCUT2D eigenvalue weighted by atomic mass is 79.9. The lowest BCUT2D eigenvalue weighted by Crippen LogP contribution is -2.36. The number of fused-ring (bicyclic) bond motifs is 1. The lowest BCUT2D eigenvalue weighted by atomic mass is 10.2. The predicted octanol–water partition coefficient (Wildman–Crippen LogP) is 5.27. The number of nitrogens with zero attached hydrogens (tertiary/aromatic N) is 1. The van der Waals surface area contributed by atoms with Crippen LogP contribution in [0.4, 0.5) is 15.8 Å². The molecule has 0 bridgehead atoms. The molecule has 1 heterocycles. The first-order valence-electron chi connectivity index (χ1n) is 9.56. The predicted molar refractivity (Wildman–Crippen MR) is 131 cm³/mol. The number of hydrogen-bond acceptors (Lipinski definition) is 3. The number of carbonyl (C=O) groups excluding carboxylic acids is 3. The molecule has 0 radical (unpaired) electrons. The van der Waals surface area contributed by atoms with Crippen molar-refractivity contribution in [2.24, 2.45) is 0 Å². The molecule has 3 aromatic carbocycles. The number of nitrogens with one attached hydrogen (secondary N) is 3. The summed E-state index contributed by atoms with van der Waals surface area (Å²) in [5.41, 5.74) is 3.43. The molecule has 4 rings (SSSR count). The monoisotopic (exact) mass is 572 g/mol. The van der Waals surface area contributed by atoms with Crippen molar-refractivity contribution in [2.75, 3.05) is 16.1 Å². The van der Waals surface area contributed by atoms with Crippen LogP contribution >= 0.6 is 31.9 Å². The van der Waals surface area contributed by atoms with Gasteiger partial charge in [-0.15, -0.1) is 0 Å². The van der Waals surface area contributed by atoms with Crippen molar-refractivity contribution in [2.45, 2.75) is 0 Å². The zero-order valence-electron chi connectivity index (χ0n) is 16.7. The maximum Gasteiger partial charge on any atom is 0.328 e. The van der Waals surface area contributed by atoms with E-state index in [9.17, 15) is 18.8 Å². The van der Waals surface area contributed by atoms with Crippen molar-refractivity contribution in [3.8, 4) is 0 Å². The highest BCUT2D eigenvalue weighted by Crippen LogP contribution is 2.24. The summed E-state index contributed by atoms with van der Waals surface area (Å²) in [6.45, 7) is 0. The SMILES string of the molecule is O=C(Nc1ccccc1F)C(=O)Nn1c(C(=O)Nc2ccc(Br)cc2)cc2cc(Br)ccc21. The van der Waals surface area contributed by atoms with Gasteiger partial charge in [-0.3, -0.25) is 19.8 Å². The van der Waals surface area contributed by atoms with E-state index in [2.05, 4.69) is 47.9 Å². The summed E-state index contributed by atoms with van der Waals surface area (Å²) in [5.74, 6) is -3.33. The quantitative estimate of drug-likeness (QED) is 0.291. The fourth-order valence-electron chi connectivity index (χ4n) is 3.10. The number of aromatic nitrogens is 1. The molecule has 0 unspecified atom stereocenters. The number of halogens is 3. The van der Waals surface area contributed by atoms with Gasteiger partial charge in [0.1, 0.15) is 11.5 Å². The van der Waals surface area contributed by atoms with Gasteiger partial charge >= 0.3 is 11.8 Å². The number of anilines is 2. The maximum absolute atomic E-state index is 13.8. The van der Waals surface area contributed by atoms with Gasteiger partial charge in [0.2, 0.25) is 0 Å². The van der Waals surface area contributed by atoms with E-state index >= 15 is 0 Å². The van der Waals surface area contributed by atoms with Crippen LogP contribution in [0.3, 0.4) is 0 Å². The number of para-hydroxylation sites is 1. The van der Waals surface area contributed by atoms with E-state index in [4.69, 9.17) is 0 Å². The second kappa shape index (κ2) is 9.55. The fraction of sp³-hybridized carbons (Fsp3) is 0. The first-order valence-corrected chi connectivity index (χ1v) is 11.2. The zero-order chi connectivity index (χ0) is 23.5. The van der Waals surface area contributed by atoms with E-state index in [1.165, 1.54) is 22.9 Å². The summed E-state index contributed by atoms with van der Waals surface area (Å²) < 4.78 is 16.7. The van der Waals surface area contributed by atoms with Crippen LogP contribution in [-0.4, -0.2) is 22.4 Å². The summed E-state index contributed by atoms with van der Waals surface area (Å²) in [5, 5.41) is 5.63. The van der Waals surface area contributed by atoms with Crippen LogP contribution < -0.4 is 16.1 Å². The van der Waals surface area contributed by atoms with Crippen LogP contribution in [0, 0.1) is 5.82 Å². The highest BCUT2D eigenvalue weighted by Gasteiger charge is 2.22. The molecule has 0 atom stereocenters. The Morgan fingerprint density at radius 2 is 1.48 bits per heavy atom. The largest absolute Gasteiger partial charge is 0.328 e. The smallest absolute Gasteiger partial charge is 0.321 e. The van der Waals surface area contributed by atoms with Gasteiger partial charge in [-0.25, -0.2) is 9.07 Å². The Morgan fingerprint density at radius 3 is 2.21 bits per heavy atom. The van der Waals surface area contributed by atoms with E-state index in [0.29, 0.717) is 16.6 Å². The van der Waals surface area contributed by atoms with Gasteiger partial charge in [0.25, 0.3) is 5.91 Å². The lowest BCUT2D eigenvalue weighted by Gasteiger charge is -2.13. The second-order valence-electron chi connectivity index (χ2n) is 6.90. The van der Waals surface area contributed by atoms with Crippen LogP contribution in [0.5, 0.6) is 0 Å². The number of benzene rings is 3. The second-order valence-corrected chi connectivity index (χ2v) is 8.74. The third-order valence-corrected chi connectivity index (χ3v) is 5.66. The lowest BCUT2D eigenvalue weighted by molar-refractivity contribution is -0.133. The van der Waals surface area contributed by atoms with Crippen molar-refractivity contribution >= 4 is 71.9 Å². The average Bonchev–Trinajstić information content (AvgIpc) is 3.14. The van der Waals surface area contributed by atoms with Crippen molar-refractivity contribution in [1.29, 1.82) is 0 Å². The Balaban J connectivity index is 1.63. The Hall–Kier alpha value is -3.50. The molecule has 7 nitrogen and oxygen atoms in total. The molecule has 3 N–H and O–H groups in total. The molecule has 0 aliphatic carbocycles. The van der Waals surface area contributed by atoms with E-state index in [1.807, 2.05) is 0 Å². The minimum atomic E-state index is -1.08. The molecule has 0 saturated carbocycles. The molecular weight excluding hydrogens is 559 g/mol. The Labute approximate surface area is 204 Å². The Bertz CT molecular complexity index is 1390. The molecule has 166 valence electrons. The minimum Gasteiger partial charge on any atom is -0.321 e. The molecule has 0 fully saturated rings. The van der Waals surface area contributed by atoms with Gasteiger partial charge in [-0.2, -0.15) is 0 Å². The van der Waals surface area contributed by atoms with Gasteiger partial charge in [0, 0.05) is 20.0 Å². The molecule has 0 aliphatic rings. The first-order chi connectivity index (χ1) is 15.8. The van der Waals surface area contributed by atoms with Crippen LogP contribution in [0.2, 0.25) is 0 Å². The van der Waals surface area contributed by atoms with E-state index in [1.54, 1.807) is 48.5 Å². The summed E-state index contributed by atoms with van der Waals surface area (Å²) in [6, 6.07) is 19.2. The van der Waals surface area contributed by atoms with Crippen LogP contribution in [0.25, 0.3) is 10.9 Å². The van der Waals surface area contributed by atoms with Gasteiger partial charge in [0.15, 0.2) is 0 Å². The van der Waals surface area contributed by atoms with Gasteiger partial charge in [0.05, 0.1) is 11.2 Å². The molecule has 33 heavy (non-hydrogen) atoms. The van der Waals surface area contributed by atoms with Crippen molar-refractivity contribution in [3.05, 3.63) is 93.3 Å². The number of carbonyl (C=O) groups is 3. The topological polar surface area (TPSA) is 92.2 Å². The molecule has 0 saturated heterocycles. The van der Waals surface area contributed by atoms with E-state index in [-0.39, 0.29) is 11.4 Å². The van der Waals surface area contributed by atoms with Gasteiger partial charge in [-0.05, 0) is 60.7 Å². The summed E-state index contributed by atoms with van der Waals surface area (Å²) in [7, 11) is 0. The number of amides is 3.